The Hall–Kier alpha value is -1.81. The SMILES string of the molecule is C=C(C)c1ccc(NC(C)(C)C(=O)N2CCN(C)CC2)cc1. The van der Waals surface area contributed by atoms with Gasteiger partial charge in [0.15, 0.2) is 0 Å². The van der Waals surface area contributed by atoms with Crippen molar-refractivity contribution >= 4 is 17.2 Å². The van der Waals surface area contributed by atoms with Gasteiger partial charge < -0.3 is 15.1 Å². The van der Waals surface area contributed by atoms with Crippen molar-refractivity contribution in [1.29, 1.82) is 0 Å². The normalized spacial score (nSPS) is 16.5. The summed E-state index contributed by atoms with van der Waals surface area (Å²) >= 11 is 0. The lowest BCUT2D eigenvalue weighted by Crippen LogP contribution is -2.55. The van der Waals surface area contributed by atoms with Gasteiger partial charge in [-0.25, -0.2) is 0 Å². The molecule has 22 heavy (non-hydrogen) atoms. The highest BCUT2D eigenvalue weighted by molar-refractivity contribution is 5.88. The topological polar surface area (TPSA) is 35.6 Å². The van der Waals surface area contributed by atoms with Gasteiger partial charge in [0, 0.05) is 31.9 Å². The number of hydrogen-bond donors (Lipinski definition) is 1. The zero-order chi connectivity index (χ0) is 16.3. The van der Waals surface area contributed by atoms with Gasteiger partial charge in [-0.1, -0.05) is 24.3 Å². The molecule has 1 aliphatic rings. The summed E-state index contributed by atoms with van der Waals surface area (Å²) < 4.78 is 0. The van der Waals surface area contributed by atoms with Gasteiger partial charge in [-0.05, 0) is 45.5 Å². The van der Waals surface area contributed by atoms with E-state index in [-0.39, 0.29) is 5.91 Å². The maximum Gasteiger partial charge on any atom is 0.247 e. The van der Waals surface area contributed by atoms with E-state index in [0.29, 0.717) is 0 Å². The molecule has 1 aromatic carbocycles. The first-order valence-corrected chi connectivity index (χ1v) is 7.81. The molecule has 0 bridgehead atoms. The summed E-state index contributed by atoms with van der Waals surface area (Å²) in [6.07, 6.45) is 0. The molecule has 1 N–H and O–H groups in total. The lowest BCUT2D eigenvalue weighted by molar-refractivity contribution is -0.136. The van der Waals surface area contributed by atoms with Gasteiger partial charge >= 0.3 is 0 Å². The summed E-state index contributed by atoms with van der Waals surface area (Å²) in [5, 5.41) is 3.36. The molecule has 0 unspecified atom stereocenters. The third-order valence-corrected chi connectivity index (χ3v) is 4.16. The van der Waals surface area contributed by atoms with Gasteiger partial charge in [0.2, 0.25) is 5.91 Å². The average molecular weight is 301 g/mol. The predicted molar refractivity (Wildman–Crippen MR) is 92.9 cm³/mol. The summed E-state index contributed by atoms with van der Waals surface area (Å²) in [5.74, 6) is 0.157. The van der Waals surface area contributed by atoms with E-state index < -0.39 is 5.54 Å². The zero-order valence-corrected chi connectivity index (χ0v) is 14.1. The Kier molecular flexibility index (Phi) is 4.91. The van der Waals surface area contributed by atoms with Gasteiger partial charge in [0.1, 0.15) is 5.54 Å². The molecule has 0 saturated carbocycles. The summed E-state index contributed by atoms with van der Waals surface area (Å²) in [7, 11) is 2.09. The van der Waals surface area contributed by atoms with E-state index in [1.54, 1.807) is 0 Å². The van der Waals surface area contributed by atoms with E-state index in [0.717, 1.165) is 43.0 Å². The molecule has 4 heteroatoms. The van der Waals surface area contributed by atoms with Gasteiger partial charge in [-0.3, -0.25) is 4.79 Å². The number of nitrogens with one attached hydrogen (secondary N) is 1. The van der Waals surface area contributed by atoms with Crippen molar-refractivity contribution in [2.24, 2.45) is 0 Å². The Morgan fingerprint density at radius 1 is 1.14 bits per heavy atom. The van der Waals surface area contributed by atoms with E-state index in [4.69, 9.17) is 0 Å². The average Bonchev–Trinajstić information content (AvgIpc) is 2.47. The number of amides is 1. The van der Waals surface area contributed by atoms with E-state index in [2.05, 4.69) is 23.8 Å². The maximum atomic E-state index is 12.7. The number of benzene rings is 1. The molecule has 0 atom stereocenters. The number of anilines is 1. The van der Waals surface area contributed by atoms with Crippen molar-refractivity contribution in [2.45, 2.75) is 26.3 Å². The van der Waals surface area contributed by atoms with Crippen LogP contribution in [0.2, 0.25) is 0 Å². The molecule has 1 amide bonds. The molecule has 1 aromatic rings. The minimum atomic E-state index is -0.610. The van der Waals surface area contributed by atoms with E-state index in [9.17, 15) is 4.79 Å². The first-order chi connectivity index (χ1) is 10.3. The monoisotopic (exact) mass is 301 g/mol. The van der Waals surface area contributed by atoms with Crippen molar-refractivity contribution in [3.05, 3.63) is 36.4 Å². The second-order valence-corrected chi connectivity index (χ2v) is 6.70. The van der Waals surface area contributed by atoms with Crippen molar-refractivity contribution in [2.75, 3.05) is 38.5 Å². The number of rotatable bonds is 4. The van der Waals surface area contributed by atoms with Gasteiger partial charge in [0.05, 0.1) is 0 Å². The first kappa shape index (κ1) is 16.6. The van der Waals surface area contributed by atoms with Gasteiger partial charge in [0.25, 0.3) is 0 Å². The van der Waals surface area contributed by atoms with Crippen molar-refractivity contribution < 1.29 is 4.79 Å². The second kappa shape index (κ2) is 6.53. The van der Waals surface area contributed by atoms with Crippen LogP contribution in [0.5, 0.6) is 0 Å². The van der Waals surface area contributed by atoms with Crippen LogP contribution in [-0.4, -0.2) is 54.5 Å². The molecule has 0 radical (unpaired) electrons. The molecule has 1 heterocycles. The Labute approximate surface area is 133 Å². The quantitative estimate of drug-likeness (QED) is 0.929. The number of allylic oxidation sites excluding steroid dienone is 1. The Bertz CT molecular complexity index is 540. The molecular weight excluding hydrogens is 274 g/mol. The lowest BCUT2D eigenvalue weighted by Gasteiger charge is -2.38. The van der Waals surface area contributed by atoms with Crippen LogP contribution in [0.25, 0.3) is 5.57 Å². The standard InChI is InChI=1S/C18H27N3O/c1-14(2)15-6-8-16(9-7-15)19-18(3,4)17(22)21-12-10-20(5)11-13-21/h6-9,19H,1,10-13H2,2-5H3. The lowest BCUT2D eigenvalue weighted by atomic mass is 10.0. The molecule has 4 nitrogen and oxygen atoms in total. The fraction of sp³-hybridized carbons (Fsp3) is 0.500. The fourth-order valence-electron chi connectivity index (χ4n) is 2.66. The highest BCUT2D eigenvalue weighted by Gasteiger charge is 2.33. The Morgan fingerprint density at radius 2 is 1.68 bits per heavy atom. The number of likely N-dealkylation sites (N-methyl/N-ethyl adjacent to an activating group) is 1. The number of hydrogen-bond acceptors (Lipinski definition) is 3. The molecular formula is C18H27N3O. The minimum Gasteiger partial charge on any atom is -0.372 e. The smallest absolute Gasteiger partial charge is 0.247 e. The summed E-state index contributed by atoms with van der Waals surface area (Å²) in [6, 6.07) is 8.06. The first-order valence-electron chi connectivity index (χ1n) is 7.81. The number of carbonyl (C=O) groups excluding carboxylic acids is 1. The van der Waals surface area contributed by atoms with Crippen LogP contribution >= 0.6 is 0 Å². The number of carbonyl (C=O) groups is 1. The third kappa shape index (κ3) is 3.89. The predicted octanol–water partition coefficient (Wildman–Crippen LogP) is 2.68. The van der Waals surface area contributed by atoms with Gasteiger partial charge in [-0.2, -0.15) is 0 Å². The molecule has 1 aliphatic heterocycles. The van der Waals surface area contributed by atoms with E-state index in [1.165, 1.54) is 0 Å². The van der Waals surface area contributed by atoms with Crippen LogP contribution in [0, 0.1) is 0 Å². The summed E-state index contributed by atoms with van der Waals surface area (Å²) in [5.41, 5.74) is 2.51. The molecule has 0 spiro atoms. The molecule has 1 saturated heterocycles. The maximum absolute atomic E-state index is 12.7. The fourth-order valence-corrected chi connectivity index (χ4v) is 2.66. The van der Waals surface area contributed by atoms with Crippen LogP contribution in [0.15, 0.2) is 30.8 Å². The largest absolute Gasteiger partial charge is 0.372 e. The third-order valence-electron chi connectivity index (χ3n) is 4.16. The summed E-state index contributed by atoms with van der Waals surface area (Å²) in [4.78, 5) is 16.9. The molecule has 0 aliphatic carbocycles. The Balaban J connectivity index is 2.03. The minimum absolute atomic E-state index is 0.157. The molecule has 1 fully saturated rings. The van der Waals surface area contributed by atoms with Crippen LogP contribution in [0.4, 0.5) is 5.69 Å². The summed E-state index contributed by atoms with van der Waals surface area (Å²) in [6.45, 7) is 13.3. The van der Waals surface area contributed by atoms with Crippen molar-refractivity contribution in [1.82, 2.24) is 9.80 Å². The Morgan fingerprint density at radius 3 is 2.18 bits per heavy atom. The number of piperazine rings is 1. The van der Waals surface area contributed by atoms with E-state index >= 15 is 0 Å². The van der Waals surface area contributed by atoms with Crippen LogP contribution in [0.3, 0.4) is 0 Å². The molecule has 2 rings (SSSR count). The van der Waals surface area contributed by atoms with Crippen LogP contribution < -0.4 is 5.32 Å². The van der Waals surface area contributed by atoms with E-state index in [1.807, 2.05) is 49.9 Å². The second-order valence-electron chi connectivity index (χ2n) is 6.70. The number of nitrogens with zero attached hydrogens (tertiary/aromatic N) is 2. The zero-order valence-electron chi connectivity index (χ0n) is 14.1. The van der Waals surface area contributed by atoms with Crippen molar-refractivity contribution in [3.63, 3.8) is 0 Å². The highest BCUT2D eigenvalue weighted by Crippen LogP contribution is 2.21. The van der Waals surface area contributed by atoms with Crippen LogP contribution in [-0.2, 0) is 4.79 Å². The molecule has 0 aromatic heterocycles. The van der Waals surface area contributed by atoms with Crippen molar-refractivity contribution in [3.8, 4) is 0 Å². The highest BCUT2D eigenvalue weighted by atomic mass is 16.2. The van der Waals surface area contributed by atoms with Gasteiger partial charge in [-0.15, -0.1) is 0 Å². The molecule has 120 valence electrons. The van der Waals surface area contributed by atoms with Crippen LogP contribution in [0.1, 0.15) is 26.3 Å².